The maximum atomic E-state index is 13.7. The lowest BCUT2D eigenvalue weighted by Gasteiger charge is -2.22. The topological polar surface area (TPSA) is 122 Å². The number of aromatic nitrogens is 1. The molecule has 0 atom stereocenters. The van der Waals surface area contributed by atoms with Crippen LogP contribution in [0, 0.1) is 0 Å². The van der Waals surface area contributed by atoms with Crippen LogP contribution in [0.25, 0.3) is 0 Å². The number of likely N-dealkylation sites (N-methyl/N-ethyl adjacent to an activating group) is 1. The highest BCUT2D eigenvalue weighted by atomic mass is 16.6. The third-order valence-electron chi connectivity index (χ3n) is 7.62. The number of nitrogens with zero attached hydrogens (tertiary/aromatic N) is 4. The minimum Gasteiger partial charge on any atom is -0.464 e. The van der Waals surface area contributed by atoms with Gasteiger partial charge in [-0.25, -0.2) is 4.98 Å². The number of anilines is 2. The number of hydrogen-bond donors (Lipinski definition) is 2. The molecule has 0 fully saturated rings. The molecule has 0 spiro atoms. The van der Waals surface area contributed by atoms with Crippen LogP contribution in [0.4, 0.5) is 11.5 Å². The van der Waals surface area contributed by atoms with Crippen LogP contribution in [-0.4, -0.2) is 73.5 Å². The van der Waals surface area contributed by atoms with Crippen molar-refractivity contribution in [2.45, 2.75) is 59.3 Å². The summed E-state index contributed by atoms with van der Waals surface area (Å²) < 4.78 is 5.43. The van der Waals surface area contributed by atoms with Crippen LogP contribution in [0.5, 0.6) is 0 Å². The molecule has 1 heterocycles. The van der Waals surface area contributed by atoms with E-state index in [1.807, 2.05) is 48.5 Å². The normalized spacial score (nSPS) is 11.3. The summed E-state index contributed by atoms with van der Waals surface area (Å²) in [5.74, 6) is 0.290. The van der Waals surface area contributed by atoms with E-state index in [2.05, 4.69) is 41.1 Å². The van der Waals surface area contributed by atoms with Gasteiger partial charge in [-0.3, -0.25) is 14.5 Å². The number of pyridine rings is 1. The number of carbonyl (C=O) groups is 2. The zero-order valence-electron chi connectivity index (χ0n) is 27.6. The molecule has 46 heavy (non-hydrogen) atoms. The number of unbranched alkanes of at least 4 members (excludes halogenated alkanes) is 3. The fourth-order valence-corrected chi connectivity index (χ4v) is 4.82. The van der Waals surface area contributed by atoms with Crippen LogP contribution >= 0.6 is 0 Å². The third-order valence-corrected chi connectivity index (χ3v) is 7.62. The van der Waals surface area contributed by atoms with E-state index >= 15 is 0 Å². The summed E-state index contributed by atoms with van der Waals surface area (Å²) in [5.41, 5.74) is 9.38. The van der Waals surface area contributed by atoms with Gasteiger partial charge in [-0.05, 0) is 86.4 Å². The monoisotopic (exact) mass is 630 g/mol. The van der Waals surface area contributed by atoms with Gasteiger partial charge >= 0.3 is 5.97 Å². The molecule has 0 aliphatic heterocycles. The van der Waals surface area contributed by atoms with E-state index in [-0.39, 0.29) is 24.8 Å². The van der Waals surface area contributed by atoms with Gasteiger partial charge in [0, 0.05) is 42.6 Å². The van der Waals surface area contributed by atoms with Crippen molar-refractivity contribution in [3.05, 3.63) is 89.6 Å². The van der Waals surface area contributed by atoms with E-state index in [1.54, 1.807) is 24.4 Å². The lowest BCUT2D eigenvalue weighted by atomic mass is 10.1. The number of benzene rings is 2. The first-order chi connectivity index (χ1) is 22.4. The predicted octanol–water partition coefficient (Wildman–Crippen LogP) is 5.88. The molecule has 248 valence electrons. The minimum atomic E-state index is -0.338. The Morgan fingerprint density at radius 2 is 1.70 bits per heavy atom. The second kappa shape index (κ2) is 20.6. The molecule has 0 saturated carbocycles. The Hall–Kier alpha value is -4.44. The molecule has 0 aliphatic rings. The maximum Gasteiger partial charge on any atom is 0.307 e. The van der Waals surface area contributed by atoms with Crippen molar-refractivity contribution in [2.75, 3.05) is 56.2 Å². The highest BCUT2D eigenvalue weighted by Crippen LogP contribution is 2.17. The lowest BCUT2D eigenvalue weighted by molar-refractivity contribution is -0.143. The number of ether oxygens (including phenoxy) is 1. The summed E-state index contributed by atoms with van der Waals surface area (Å²) >= 11 is 0. The van der Waals surface area contributed by atoms with Crippen molar-refractivity contribution in [3.8, 4) is 0 Å². The minimum absolute atomic E-state index is 0.0759. The van der Waals surface area contributed by atoms with Crippen molar-refractivity contribution in [3.63, 3.8) is 0 Å². The van der Waals surface area contributed by atoms with Crippen LogP contribution in [0.15, 0.2) is 78.1 Å². The molecule has 1 aromatic heterocycles. The van der Waals surface area contributed by atoms with E-state index in [4.69, 9.17) is 15.3 Å². The van der Waals surface area contributed by atoms with Crippen molar-refractivity contribution in [1.82, 2.24) is 9.88 Å². The van der Waals surface area contributed by atoms with E-state index in [1.165, 1.54) is 17.7 Å². The smallest absolute Gasteiger partial charge is 0.307 e. The number of oxime groups is 1. The van der Waals surface area contributed by atoms with Gasteiger partial charge in [-0.2, -0.15) is 0 Å². The van der Waals surface area contributed by atoms with Gasteiger partial charge in [0.25, 0.3) is 5.91 Å². The summed E-state index contributed by atoms with van der Waals surface area (Å²) in [5, 5.41) is 7.46. The standard InChI is InChI=1S/C36H50N6O4/c1-4-7-8-11-26-46-40-35(37)30-16-18-32(19-17-30)38-23-20-29-13-12-14-31(28-29)36(44)42(33-15-9-10-22-39-33)24-21-34(43)45-27-25-41(5-2)6-3/h9-10,12-19,22,28,38H,4-8,11,20-21,23-27H2,1-3H3,(H2,37,40). The fourth-order valence-electron chi connectivity index (χ4n) is 4.82. The number of nitrogens with one attached hydrogen (secondary N) is 1. The number of amides is 1. The van der Waals surface area contributed by atoms with Gasteiger partial charge in [0.05, 0.1) is 6.42 Å². The molecular weight excluding hydrogens is 580 g/mol. The van der Waals surface area contributed by atoms with E-state index in [9.17, 15) is 9.59 Å². The van der Waals surface area contributed by atoms with Crippen molar-refractivity contribution in [1.29, 1.82) is 0 Å². The first-order valence-electron chi connectivity index (χ1n) is 16.4. The van der Waals surface area contributed by atoms with Crippen LogP contribution in [0.1, 0.15) is 74.4 Å². The molecule has 3 aromatic rings. The molecule has 0 saturated heterocycles. The second-order valence-electron chi connectivity index (χ2n) is 11.0. The third kappa shape index (κ3) is 12.5. The van der Waals surface area contributed by atoms with Gasteiger partial charge in [-0.1, -0.05) is 57.0 Å². The van der Waals surface area contributed by atoms with Crippen molar-refractivity contribution >= 4 is 29.2 Å². The quantitative estimate of drug-likeness (QED) is 0.0492. The van der Waals surface area contributed by atoms with Crippen LogP contribution in [-0.2, 0) is 20.8 Å². The van der Waals surface area contributed by atoms with Gasteiger partial charge in [-0.15, -0.1) is 0 Å². The summed E-state index contributed by atoms with van der Waals surface area (Å²) in [4.78, 5) is 39.6. The summed E-state index contributed by atoms with van der Waals surface area (Å²) in [6.45, 7) is 10.6. The van der Waals surface area contributed by atoms with E-state index in [0.717, 1.165) is 42.7 Å². The Balaban J connectivity index is 1.53. The molecule has 2 aromatic carbocycles. The number of hydrogen-bond acceptors (Lipinski definition) is 8. The van der Waals surface area contributed by atoms with Crippen molar-refractivity contribution in [2.24, 2.45) is 10.9 Å². The van der Waals surface area contributed by atoms with E-state index < -0.39 is 0 Å². The zero-order valence-corrected chi connectivity index (χ0v) is 27.6. The fraction of sp³-hybridized carbons (Fsp3) is 0.444. The molecule has 0 unspecified atom stereocenters. The highest BCUT2D eigenvalue weighted by Gasteiger charge is 2.20. The Morgan fingerprint density at radius 1 is 0.891 bits per heavy atom. The summed E-state index contributed by atoms with van der Waals surface area (Å²) in [6, 6.07) is 20.7. The molecule has 3 rings (SSSR count). The number of carbonyl (C=O) groups excluding carboxylic acids is 2. The zero-order chi connectivity index (χ0) is 33.0. The molecule has 1 amide bonds. The molecule has 0 bridgehead atoms. The average molecular weight is 631 g/mol. The Kier molecular flexibility index (Phi) is 16.1. The summed E-state index contributed by atoms with van der Waals surface area (Å²) in [6.07, 6.45) is 6.91. The van der Waals surface area contributed by atoms with Gasteiger partial charge < -0.3 is 25.5 Å². The molecule has 10 nitrogen and oxygen atoms in total. The highest BCUT2D eigenvalue weighted by molar-refractivity contribution is 6.06. The van der Waals surface area contributed by atoms with Crippen LogP contribution in [0.2, 0.25) is 0 Å². The Morgan fingerprint density at radius 3 is 2.41 bits per heavy atom. The largest absolute Gasteiger partial charge is 0.464 e. The number of rotatable bonds is 21. The molecule has 0 radical (unpaired) electrons. The van der Waals surface area contributed by atoms with Crippen LogP contribution < -0.4 is 16.0 Å². The lowest BCUT2D eigenvalue weighted by Crippen LogP contribution is -2.34. The molecule has 3 N–H and O–H groups in total. The van der Waals surface area contributed by atoms with Gasteiger partial charge in [0.1, 0.15) is 19.0 Å². The van der Waals surface area contributed by atoms with Crippen LogP contribution in [0.3, 0.4) is 0 Å². The second-order valence-corrected chi connectivity index (χ2v) is 11.0. The predicted molar refractivity (Wildman–Crippen MR) is 185 cm³/mol. The van der Waals surface area contributed by atoms with Crippen molar-refractivity contribution < 1.29 is 19.2 Å². The Labute approximate surface area is 274 Å². The number of nitrogens with two attached hydrogens (primary N) is 1. The molecule has 10 heteroatoms. The first kappa shape index (κ1) is 36.0. The SMILES string of the molecule is CCCCCCON=C(N)c1ccc(NCCc2cccc(C(=O)N(CCC(=O)OCCN(CC)CC)c3ccccn3)c2)cc1. The van der Waals surface area contributed by atoms with Gasteiger partial charge in [0.15, 0.2) is 5.84 Å². The first-order valence-corrected chi connectivity index (χ1v) is 16.4. The molecular formula is C36H50N6O4. The number of esters is 1. The Bertz CT molecular complexity index is 1350. The van der Waals surface area contributed by atoms with Gasteiger partial charge in [0.2, 0.25) is 0 Å². The average Bonchev–Trinajstić information content (AvgIpc) is 3.09. The molecule has 0 aliphatic carbocycles. The summed E-state index contributed by atoms with van der Waals surface area (Å²) in [7, 11) is 0. The number of amidine groups is 1. The van der Waals surface area contributed by atoms with E-state index in [0.29, 0.717) is 49.9 Å². The maximum absolute atomic E-state index is 13.7.